The van der Waals surface area contributed by atoms with E-state index in [0.29, 0.717) is 13.1 Å². The van der Waals surface area contributed by atoms with Crippen LogP contribution in [0.25, 0.3) is 0 Å². The summed E-state index contributed by atoms with van der Waals surface area (Å²) in [5, 5.41) is 0. The first-order valence-corrected chi connectivity index (χ1v) is 7.93. The van der Waals surface area contributed by atoms with E-state index in [1.165, 1.54) is 12.1 Å². The van der Waals surface area contributed by atoms with Crippen LogP contribution in [-0.2, 0) is 12.7 Å². The zero-order chi connectivity index (χ0) is 18.0. The van der Waals surface area contributed by atoms with Crippen LogP contribution >= 0.6 is 0 Å². The number of likely N-dealkylation sites (tertiary alicyclic amines) is 1. The van der Waals surface area contributed by atoms with Crippen molar-refractivity contribution in [1.29, 1.82) is 0 Å². The van der Waals surface area contributed by atoms with E-state index >= 15 is 0 Å². The van der Waals surface area contributed by atoms with Gasteiger partial charge in [-0.15, -0.1) is 0 Å². The highest BCUT2D eigenvalue weighted by Gasteiger charge is 2.34. The van der Waals surface area contributed by atoms with Crippen molar-refractivity contribution < 1.29 is 17.6 Å². The number of alkyl halides is 3. The molecule has 4 nitrogen and oxygen atoms in total. The monoisotopic (exact) mass is 354 g/mol. The molecule has 25 heavy (non-hydrogen) atoms. The Bertz CT molecular complexity index is 717. The lowest BCUT2D eigenvalue weighted by Crippen LogP contribution is -2.35. The summed E-state index contributed by atoms with van der Waals surface area (Å²) in [6.07, 6.45) is -2.55. The quantitative estimate of drug-likeness (QED) is 0.789. The van der Waals surface area contributed by atoms with Crippen LogP contribution in [-0.4, -0.2) is 41.0 Å². The van der Waals surface area contributed by atoms with Gasteiger partial charge in [-0.25, -0.2) is 14.4 Å². The fourth-order valence-corrected chi connectivity index (χ4v) is 2.96. The van der Waals surface area contributed by atoms with E-state index in [0.717, 1.165) is 30.8 Å². The van der Waals surface area contributed by atoms with E-state index in [1.807, 2.05) is 0 Å². The maximum Gasteiger partial charge on any atom is 0.433 e. The van der Waals surface area contributed by atoms with Crippen molar-refractivity contribution in [1.82, 2.24) is 14.9 Å². The largest absolute Gasteiger partial charge is 0.433 e. The van der Waals surface area contributed by atoms with Crippen molar-refractivity contribution in [2.75, 3.05) is 25.0 Å². The molecular formula is C17H18F4N4. The number of anilines is 1. The molecule has 1 aliphatic rings. The van der Waals surface area contributed by atoms with Gasteiger partial charge in [0, 0.05) is 38.9 Å². The van der Waals surface area contributed by atoms with Crippen LogP contribution in [0.1, 0.15) is 17.7 Å². The van der Waals surface area contributed by atoms with Gasteiger partial charge in [0.2, 0.25) is 5.95 Å². The summed E-state index contributed by atoms with van der Waals surface area (Å²) in [6.45, 7) is 2.17. The van der Waals surface area contributed by atoms with Crippen LogP contribution in [0.2, 0.25) is 0 Å². The van der Waals surface area contributed by atoms with Crippen molar-refractivity contribution in [3.8, 4) is 0 Å². The number of likely N-dealkylation sites (N-methyl/N-ethyl adjacent to an activating group) is 1. The molecule has 0 N–H and O–H groups in total. The molecule has 1 aromatic carbocycles. The van der Waals surface area contributed by atoms with Crippen LogP contribution in [0, 0.1) is 5.82 Å². The Morgan fingerprint density at radius 3 is 2.60 bits per heavy atom. The molecule has 134 valence electrons. The first-order chi connectivity index (χ1) is 11.8. The smallest absolute Gasteiger partial charge is 0.340 e. The molecule has 1 fully saturated rings. The summed E-state index contributed by atoms with van der Waals surface area (Å²) >= 11 is 0. The Balaban J connectivity index is 1.64. The number of rotatable bonds is 4. The van der Waals surface area contributed by atoms with Gasteiger partial charge in [-0.3, -0.25) is 4.90 Å². The Morgan fingerprint density at radius 1 is 1.20 bits per heavy atom. The van der Waals surface area contributed by atoms with Gasteiger partial charge in [-0.05, 0) is 30.2 Å². The number of hydrogen-bond donors (Lipinski definition) is 0. The van der Waals surface area contributed by atoms with Gasteiger partial charge in [0.1, 0.15) is 11.5 Å². The third-order valence-electron chi connectivity index (χ3n) is 4.36. The van der Waals surface area contributed by atoms with Gasteiger partial charge in [-0.2, -0.15) is 13.2 Å². The SMILES string of the molecule is CN(c1nccc(C(F)(F)F)n1)C1CCN(Cc2ccc(F)cc2)C1. The minimum atomic E-state index is -4.48. The molecule has 1 unspecified atom stereocenters. The maximum atomic E-state index is 13.0. The van der Waals surface area contributed by atoms with E-state index in [4.69, 9.17) is 0 Å². The van der Waals surface area contributed by atoms with Crippen molar-refractivity contribution in [3.63, 3.8) is 0 Å². The molecule has 2 aromatic rings. The highest BCUT2D eigenvalue weighted by atomic mass is 19.4. The van der Waals surface area contributed by atoms with E-state index in [9.17, 15) is 17.6 Å². The van der Waals surface area contributed by atoms with E-state index in [-0.39, 0.29) is 17.8 Å². The summed E-state index contributed by atoms with van der Waals surface area (Å²) < 4.78 is 51.4. The zero-order valence-corrected chi connectivity index (χ0v) is 13.7. The van der Waals surface area contributed by atoms with Crippen LogP contribution in [0.4, 0.5) is 23.5 Å². The number of hydrogen-bond acceptors (Lipinski definition) is 4. The number of halogens is 4. The second-order valence-electron chi connectivity index (χ2n) is 6.15. The fraction of sp³-hybridized carbons (Fsp3) is 0.412. The normalized spacial score (nSPS) is 18.5. The molecule has 0 amide bonds. The third kappa shape index (κ3) is 4.25. The van der Waals surface area contributed by atoms with E-state index in [2.05, 4.69) is 14.9 Å². The molecule has 0 bridgehead atoms. The summed E-state index contributed by atoms with van der Waals surface area (Å²) in [7, 11) is 1.71. The van der Waals surface area contributed by atoms with Crippen LogP contribution in [0.3, 0.4) is 0 Å². The van der Waals surface area contributed by atoms with Crippen molar-refractivity contribution in [2.24, 2.45) is 0 Å². The average Bonchev–Trinajstić information content (AvgIpc) is 3.04. The molecule has 0 spiro atoms. The van der Waals surface area contributed by atoms with E-state index in [1.54, 1.807) is 24.1 Å². The first-order valence-electron chi connectivity index (χ1n) is 7.93. The number of nitrogens with zero attached hydrogens (tertiary/aromatic N) is 4. The molecule has 0 radical (unpaired) electrons. The van der Waals surface area contributed by atoms with Gasteiger partial charge < -0.3 is 4.90 Å². The highest BCUT2D eigenvalue weighted by Crippen LogP contribution is 2.29. The Hall–Kier alpha value is -2.22. The zero-order valence-electron chi connectivity index (χ0n) is 13.7. The summed E-state index contributed by atoms with van der Waals surface area (Å²) in [5.74, 6) is -0.201. The molecule has 0 saturated carbocycles. The molecular weight excluding hydrogens is 336 g/mol. The molecule has 1 aromatic heterocycles. The lowest BCUT2D eigenvalue weighted by molar-refractivity contribution is -0.141. The van der Waals surface area contributed by atoms with Gasteiger partial charge in [-0.1, -0.05) is 12.1 Å². The Labute approximate surface area is 143 Å². The van der Waals surface area contributed by atoms with Gasteiger partial charge in [0.25, 0.3) is 0 Å². The fourth-order valence-electron chi connectivity index (χ4n) is 2.96. The predicted octanol–water partition coefficient (Wildman–Crippen LogP) is 3.35. The summed E-state index contributed by atoms with van der Waals surface area (Å²) in [5.41, 5.74) is 0.0607. The summed E-state index contributed by atoms with van der Waals surface area (Å²) in [4.78, 5) is 11.5. The summed E-state index contributed by atoms with van der Waals surface area (Å²) in [6, 6.07) is 7.22. The average molecular weight is 354 g/mol. The molecule has 3 rings (SSSR count). The van der Waals surface area contributed by atoms with Gasteiger partial charge in [0.05, 0.1) is 0 Å². The minimum Gasteiger partial charge on any atom is -0.340 e. The second-order valence-corrected chi connectivity index (χ2v) is 6.15. The third-order valence-corrected chi connectivity index (χ3v) is 4.36. The van der Waals surface area contributed by atoms with Crippen molar-refractivity contribution in [2.45, 2.75) is 25.2 Å². The predicted molar refractivity (Wildman–Crippen MR) is 85.5 cm³/mol. The molecule has 8 heteroatoms. The number of benzene rings is 1. The topological polar surface area (TPSA) is 32.3 Å². The molecule has 1 aliphatic heterocycles. The highest BCUT2D eigenvalue weighted by molar-refractivity contribution is 5.32. The van der Waals surface area contributed by atoms with Crippen LogP contribution in [0.15, 0.2) is 36.5 Å². The van der Waals surface area contributed by atoms with Crippen molar-refractivity contribution in [3.05, 3.63) is 53.6 Å². The maximum absolute atomic E-state index is 13.0. The van der Waals surface area contributed by atoms with E-state index < -0.39 is 11.9 Å². The molecule has 0 aliphatic carbocycles. The molecule has 2 heterocycles. The van der Waals surface area contributed by atoms with Crippen LogP contribution < -0.4 is 4.90 Å². The molecule has 1 saturated heterocycles. The Morgan fingerprint density at radius 2 is 1.92 bits per heavy atom. The van der Waals surface area contributed by atoms with Gasteiger partial charge in [0.15, 0.2) is 0 Å². The second kappa shape index (κ2) is 6.95. The number of aromatic nitrogens is 2. The standard InChI is InChI=1S/C17H18F4N4/c1-24(16-22-8-6-15(23-16)17(19,20)21)14-7-9-25(11-14)10-12-2-4-13(18)5-3-12/h2-6,8,14H,7,9-11H2,1H3. The lowest BCUT2D eigenvalue weighted by atomic mass is 10.2. The van der Waals surface area contributed by atoms with Crippen LogP contribution in [0.5, 0.6) is 0 Å². The van der Waals surface area contributed by atoms with Crippen molar-refractivity contribution >= 4 is 5.95 Å². The lowest BCUT2D eigenvalue weighted by Gasteiger charge is -2.25. The minimum absolute atomic E-state index is 0.0314. The van der Waals surface area contributed by atoms with Gasteiger partial charge >= 0.3 is 6.18 Å². The Kier molecular flexibility index (Phi) is 4.89. The first kappa shape index (κ1) is 17.6. The molecule has 1 atom stereocenters.